The number of nitro benzene ring substituents is 1. The van der Waals surface area contributed by atoms with E-state index in [0.717, 1.165) is 19.3 Å². The van der Waals surface area contributed by atoms with Gasteiger partial charge in [-0.3, -0.25) is 14.9 Å². The van der Waals surface area contributed by atoms with Crippen molar-refractivity contribution in [3.63, 3.8) is 0 Å². The molecule has 2 aliphatic carbocycles. The second-order valence-corrected chi connectivity index (χ2v) is 7.15. The average Bonchev–Trinajstić information content (AvgIpc) is 3.23. The van der Waals surface area contributed by atoms with Crippen LogP contribution in [0.25, 0.3) is 0 Å². The Morgan fingerprint density at radius 3 is 2.92 bits per heavy atom. The number of amides is 1. The summed E-state index contributed by atoms with van der Waals surface area (Å²) >= 11 is 0. The highest BCUT2D eigenvalue weighted by molar-refractivity contribution is 5.87. The second kappa shape index (κ2) is 6.93. The summed E-state index contributed by atoms with van der Waals surface area (Å²) in [6.45, 7) is 4.12. The fraction of sp³-hybridized carbons (Fsp3) is 0.556. The van der Waals surface area contributed by atoms with E-state index in [-0.39, 0.29) is 29.6 Å². The molecule has 2 aliphatic rings. The molecule has 0 saturated heterocycles. The third-order valence-electron chi connectivity index (χ3n) is 5.58. The number of ether oxygens (including phenoxy) is 1. The minimum atomic E-state index is -0.691. The number of hydrogen-bond donors (Lipinski definition) is 2. The molecule has 8 nitrogen and oxygen atoms in total. The van der Waals surface area contributed by atoms with Gasteiger partial charge in [0, 0.05) is 17.5 Å². The second-order valence-electron chi connectivity index (χ2n) is 7.15. The first-order valence-corrected chi connectivity index (χ1v) is 8.85. The number of nitrogens with one attached hydrogen (secondary N) is 1. The maximum absolute atomic E-state index is 12.4. The van der Waals surface area contributed by atoms with Crippen molar-refractivity contribution in [3.05, 3.63) is 27.8 Å². The van der Waals surface area contributed by atoms with E-state index in [1.165, 1.54) is 24.8 Å². The number of nitro groups is 1. The number of carbonyl (C=O) groups excluding carboxylic acids is 1. The molecule has 140 valence electrons. The van der Waals surface area contributed by atoms with Crippen LogP contribution in [0.5, 0.6) is 11.5 Å². The topological polar surface area (TPSA) is 114 Å². The Hall–Kier alpha value is -2.64. The Labute approximate surface area is 151 Å². The van der Waals surface area contributed by atoms with Gasteiger partial charge in [0.05, 0.1) is 17.7 Å². The van der Waals surface area contributed by atoms with E-state index in [1.54, 1.807) is 6.92 Å². The highest BCUT2D eigenvalue weighted by Gasteiger charge is 2.64. The Balaban J connectivity index is 1.70. The van der Waals surface area contributed by atoms with Crippen LogP contribution in [0, 0.1) is 27.4 Å². The number of hydrogen-bond acceptors (Lipinski definition) is 6. The summed E-state index contributed by atoms with van der Waals surface area (Å²) < 4.78 is 5.22. The van der Waals surface area contributed by atoms with Gasteiger partial charge in [0.2, 0.25) is 11.7 Å². The Morgan fingerprint density at radius 2 is 2.31 bits per heavy atom. The Morgan fingerprint density at radius 1 is 1.54 bits per heavy atom. The van der Waals surface area contributed by atoms with E-state index in [0.29, 0.717) is 11.5 Å². The number of fused-ring (bicyclic) bond motifs is 1. The standard InChI is InChI=1S/C18H23N3O5/c1-3-26-14-9-11(8-13(16(14)22)21(24)25)10-19-20-17(23)15-12-6-4-5-7-18(12,15)2/h8-10,12,15,22H,3-7H2,1-2H3,(H,20,23)/b19-10-/t12-,15-,18+/m0/s1. The van der Waals surface area contributed by atoms with Crippen LogP contribution >= 0.6 is 0 Å². The van der Waals surface area contributed by atoms with Gasteiger partial charge in [-0.15, -0.1) is 0 Å². The molecular weight excluding hydrogens is 338 g/mol. The van der Waals surface area contributed by atoms with Crippen LogP contribution in [0.4, 0.5) is 5.69 Å². The molecule has 3 atom stereocenters. The van der Waals surface area contributed by atoms with Crippen molar-refractivity contribution in [1.29, 1.82) is 0 Å². The number of phenols is 1. The quantitative estimate of drug-likeness (QED) is 0.459. The largest absolute Gasteiger partial charge is 0.500 e. The molecule has 0 unspecified atom stereocenters. The number of rotatable bonds is 6. The van der Waals surface area contributed by atoms with Crippen molar-refractivity contribution < 1.29 is 19.6 Å². The summed E-state index contributed by atoms with van der Waals surface area (Å²) in [6.07, 6.45) is 5.81. The third kappa shape index (κ3) is 3.23. The number of hydrazone groups is 1. The molecule has 26 heavy (non-hydrogen) atoms. The summed E-state index contributed by atoms with van der Waals surface area (Å²) in [4.78, 5) is 22.7. The molecule has 0 radical (unpaired) electrons. The van der Waals surface area contributed by atoms with Crippen LogP contribution < -0.4 is 10.2 Å². The monoisotopic (exact) mass is 361 g/mol. The maximum atomic E-state index is 12.4. The average molecular weight is 361 g/mol. The van der Waals surface area contributed by atoms with Gasteiger partial charge in [-0.25, -0.2) is 5.43 Å². The van der Waals surface area contributed by atoms with Gasteiger partial charge in [0.15, 0.2) is 5.75 Å². The van der Waals surface area contributed by atoms with Crippen molar-refractivity contribution in [2.75, 3.05) is 6.61 Å². The van der Waals surface area contributed by atoms with Gasteiger partial charge in [-0.1, -0.05) is 19.8 Å². The number of nitrogens with zero attached hydrogens (tertiary/aromatic N) is 2. The van der Waals surface area contributed by atoms with Crippen LogP contribution in [0.1, 0.15) is 45.1 Å². The van der Waals surface area contributed by atoms with Gasteiger partial charge in [-0.2, -0.15) is 5.10 Å². The van der Waals surface area contributed by atoms with E-state index >= 15 is 0 Å². The highest BCUT2D eigenvalue weighted by atomic mass is 16.6. The lowest BCUT2D eigenvalue weighted by Gasteiger charge is -2.15. The van der Waals surface area contributed by atoms with Crippen molar-refractivity contribution in [2.45, 2.75) is 39.5 Å². The van der Waals surface area contributed by atoms with Crippen LogP contribution in [-0.4, -0.2) is 28.8 Å². The van der Waals surface area contributed by atoms with Gasteiger partial charge < -0.3 is 9.84 Å². The molecule has 0 bridgehead atoms. The van der Waals surface area contributed by atoms with Gasteiger partial charge in [-0.05, 0) is 37.2 Å². The lowest BCUT2D eigenvalue weighted by atomic mass is 9.90. The van der Waals surface area contributed by atoms with E-state index in [4.69, 9.17) is 4.74 Å². The predicted octanol–water partition coefficient (Wildman–Crippen LogP) is 2.98. The van der Waals surface area contributed by atoms with Crippen LogP contribution in [-0.2, 0) is 4.79 Å². The first kappa shape index (κ1) is 18.2. The lowest BCUT2D eigenvalue weighted by Crippen LogP contribution is -2.22. The molecule has 0 heterocycles. The molecule has 2 N–H and O–H groups in total. The fourth-order valence-corrected chi connectivity index (χ4v) is 4.18. The molecule has 0 aromatic heterocycles. The first-order chi connectivity index (χ1) is 12.4. The molecule has 1 amide bonds. The van der Waals surface area contributed by atoms with Crippen LogP contribution in [0.3, 0.4) is 0 Å². The molecule has 0 aliphatic heterocycles. The zero-order chi connectivity index (χ0) is 18.9. The molecular formula is C18H23N3O5. The maximum Gasteiger partial charge on any atom is 0.315 e. The van der Waals surface area contributed by atoms with E-state index in [9.17, 15) is 20.0 Å². The van der Waals surface area contributed by atoms with Crippen molar-refractivity contribution in [1.82, 2.24) is 5.43 Å². The number of benzene rings is 1. The summed E-state index contributed by atoms with van der Waals surface area (Å²) in [5, 5.41) is 24.9. The number of carbonyl (C=O) groups is 1. The molecule has 3 rings (SSSR count). The Bertz CT molecular complexity index is 763. The molecule has 0 spiro atoms. The zero-order valence-electron chi connectivity index (χ0n) is 14.9. The van der Waals surface area contributed by atoms with Crippen LogP contribution in [0.2, 0.25) is 0 Å². The van der Waals surface area contributed by atoms with Gasteiger partial charge in [0.1, 0.15) is 0 Å². The molecule has 1 aromatic carbocycles. The number of aromatic hydroxyl groups is 1. The van der Waals surface area contributed by atoms with Gasteiger partial charge >= 0.3 is 5.69 Å². The van der Waals surface area contributed by atoms with Gasteiger partial charge in [0.25, 0.3) is 0 Å². The van der Waals surface area contributed by atoms with Crippen molar-refractivity contribution in [3.8, 4) is 11.5 Å². The minimum Gasteiger partial charge on any atom is -0.500 e. The lowest BCUT2D eigenvalue weighted by molar-refractivity contribution is -0.386. The smallest absolute Gasteiger partial charge is 0.315 e. The normalized spacial score (nSPS) is 27.0. The molecule has 1 aromatic rings. The van der Waals surface area contributed by atoms with Crippen molar-refractivity contribution in [2.24, 2.45) is 22.4 Å². The first-order valence-electron chi connectivity index (χ1n) is 8.85. The zero-order valence-corrected chi connectivity index (χ0v) is 14.9. The summed E-state index contributed by atoms with van der Waals surface area (Å²) in [5.74, 6) is -0.182. The molecule has 2 saturated carbocycles. The molecule has 2 fully saturated rings. The predicted molar refractivity (Wildman–Crippen MR) is 95.2 cm³/mol. The van der Waals surface area contributed by atoms with Crippen molar-refractivity contribution >= 4 is 17.8 Å². The highest BCUT2D eigenvalue weighted by Crippen LogP contribution is 2.66. The van der Waals surface area contributed by atoms with E-state index < -0.39 is 16.4 Å². The van der Waals surface area contributed by atoms with E-state index in [2.05, 4.69) is 17.5 Å². The van der Waals surface area contributed by atoms with Crippen LogP contribution in [0.15, 0.2) is 17.2 Å². The Kier molecular flexibility index (Phi) is 4.84. The third-order valence-corrected chi connectivity index (χ3v) is 5.58. The molecule has 8 heteroatoms. The summed E-state index contributed by atoms with van der Waals surface area (Å²) in [6, 6.07) is 2.63. The minimum absolute atomic E-state index is 0.00436. The fourth-order valence-electron chi connectivity index (χ4n) is 4.18. The SMILES string of the molecule is CCOc1cc(/C=N\NC(=O)[C@@H]2[C@@H]3CCCC[C@@]23C)cc([N+](=O)[O-])c1O. The summed E-state index contributed by atoms with van der Waals surface area (Å²) in [7, 11) is 0. The number of phenolic OH excluding ortho intramolecular Hbond substituents is 1. The van der Waals surface area contributed by atoms with E-state index in [1.807, 2.05) is 0 Å². The summed E-state index contributed by atoms with van der Waals surface area (Å²) in [5.41, 5.74) is 2.53.